The number of nitro groups is 1. The zero-order valence-electron chi connectivity index (χ0n) is 14.8. The minimum Gasteiger partial charge on any atom is -0.365 e. The van der Waals surface area contributed by atoms with E-state index in [9.17, 15) is 18.5 Å². The Bertz CT molecular complexity index is 942. The van der Waals surface area contributed by atoms with Crippen LogP contribution < -0.4 is 4.90 Å². The minimum absolute atomic E-state index is 0.0419. The largest absolute Gasteiger partial charge is 0.365 e. The SMILES string of the molecule is CN(Cc1ccc(Cl)cc1)c1ccc(S(=O)(=O)N2CCCC2)cc1[N+](=O)[O-]. The van der Waals surface area contributed by atoms with Gasteiger partial charge in [-0.15, -0.1) is 0 Å². The molecule has 0 aliphatic carbocycles. The number of halogens is 1. The molecule has 0 spiro atoms. The average Bonchev–Trinajstić information content (AvgIpc) is 3.18. The van der Waals surface area contributed by atoms with Crippen molar-refractivity contribution in [1.82, 2.24) is 4.31 Å². The van der Waals surface area contributed by atoms with Crippen molar-refractivity contribution in [2.24, 2.45) is 0 Å². The average molecular weight is 410 g/mol. The van der Waals surface area contributed by atoms with Gasteiger partial charge >= 0.3 is 0 Å². The van der Waals surface area contributed by atoms with E-state index in [0.717, 1.165) is 24.5 Å². The molecule has 0 amide bonds. The van der Waals surface area contributed by atoms with Gasteiger partial charge < -0.3 is 4.90 Å². The number of hydrogen-bond donors (Lipinski definition) is 0. The number of nitrogens with zero attached hydrogens (tertiary/aromatic N) is 3. The topological polar surface area (TPSA) is 83.8 Å². The first-order chi connectivity index (χ1) is 12.8. The number of hydrogen-bond acceptors (Lipinski definition) is 5. The predicted octanol–water partition coefficient (Wildman–Crippen LogP) is 3.67. The van der Waals surface area contributed by atoms with Gasteiger partial charge in [-0.2, -0.15) is 4.31 Å². The molecule has 2 aromatic rings. The Balaban J connectivity index is 1.91. The smallest absolute Gasteiger partial charge is 0.293 e. The highest BCUT2D eigenvalue weighted by Crippen LogP contribution is 2.32. The Hall–Kier alpha value is -2.16. The molecule has 1 aliphatic rings. The zero-order valence-corrected chi connectivity index (χ0v) is 16.4. The molecule has 1 fully saturated rings. The van der Waals surface area contributed by atoms with Crippen molar-refractivity contribution in [1.29, 1.82) is 0 Å². The second kappa shape index (κ2) is 7.84. The molecule has 2 aromatic carbocycles. The van der Waals surface area contributed by atoms with Crippen LogP contribution in [-0.4, -0.2) is 37.8 Å². The monoisotopic (exact) mass is 409 g/mol. The number of sulfonamides is 1. The fourth-order valence-corrected chi connectivity index (χ4v) is 4.82. The van der Waals surface area contributed by atoms with E-state index in [-0.39, 0.29) is 10.6 Å². The van der Waals surface area contributed by atoms with Crippen LogP contribution >= 0.6 is 11.6 Å². The number of rotatable bonds is 6. The van der Waals surface area contributed by atoms with Gasteiger partial charge in [0.1, 0.15) is 5.69 Å². The van der Waals surface area contributed by atoms with Crippen molar-refractivity contribution in [2.75, 3.05) is 25.0 Å². The molecule has 7 nitrogen and oxygen atoms in total. The van der Waals surface area contributed by atoms with Crippen LogP contribution in [0.25, 0.3) is 0 Å². The molecule has 27 heavy (non-hydrogen) atoms. The highest BCUT2D eigenvalue weighted by atomic mass is 35.5. The minimum atomic E-state index is -3.71. The lowest BCUT2D eigenvalue weighted by atomic mass is 10.2. The highest BCUT2D eigenvalue weighted by molar-refractivity contribution is 7.89. The predicted molar refractivity (Wildman–Crippen MR) is 105 cm³/mol. The third-order valence-electron chi connectivity index (χ3n) is 4.59. The quantitative estimate of drug-likeness (QED) is 0.537. The molecule has 0 N–H and O–H groups in total. The summed E-state index contributed by atoms with van der Waals surface area (Å²) in [6, 6.07) is 11.3. The molecule has 9 heteroatoms. The first-order valence-corrected chi connectivity index (χ1v) is 10.3. The number of anilines is 1. The van der Waals surface area contributed by atoms with E-state index in [1.807, 2.05) is 12.1 Å². The summed E-state index contributed by atoms with van der Waals surface area (Å²) in [5.41, 5.74) is 1.06. The van der Waals surface area contributed by atoms with E-state index in [1.165, 1.54) is 16.4 Å². The Morgan fingerprint density at radius 3 is 2.37 bits per heavy atom. The summed E-state index contributed by atoms with van der Waals surface area (Å²) in [7, 11) is -1.98. The molecule has 0 bridgehead atoms. The summed E-state index contributed by atoms with van der Waals surface area (Å²) < 4.78 is 26.8. The van der Waals surface area contributed by atoms with Crippen LogP contribution in [-0.2, 0) is 16.6 Å². The van der Waals surface area contributed by atoms with E-state index >= 15 is 0 Å². The molecule has 0 aromatic heterocycles. The van der Waals surface area contributed by atoms with Crippen molar-refractivity contribution >= 4 is 33.0 Å². The second-order valence-corrected chi connectivity index (χ2v) is 8.88. The van der Waals surface area contributed by atoms with Crippen LogP contribution in [0.1, 0.15) is 18.4 Å². The van der Waals surface area contributed by atoms with Crippen molar-refractivity contribution in [3.63, 3.8) is 0 Å². The maximum absolute atomic E-state index is 12.7. The third-order valence-corrected chi connectivity index (χ3v) is 6.74. The van der Waals surface area contributed by atoms with Crippen molar-refractivity contribution in [2.45, 2.75) is 24.3 Å². The Labute approximate surface area is 163 Å². The molecule has 1 aliphatic heterocycles. The highest BCUT2D eigenvalue weighted by Gasteiger charge is 2.30. The van der Waals surface area contributed by atoms with Gasteiger partial charge in [0.2, 0.25) is 10.0 Å². The summed E-state index contributed by atoms with van der Waals surface area (Å²) >= 11 is 5.88. The van der Waals surface area contributed by atoms with Gasteiger partial charge in [0.25, 0.3) is 5.69 Å². The molecule has 0 radical (unpaired) electrons. The van der Waals surface area contributed by atoms with Crippen LogP contribution in [0, 0.1) is 10.1 Å². The van der Waals surface area contributed by atoms with Gasteiger partial charge in [-0.1, -0.05) is 23.7 Å². The van der Waals surface area contributed by atoms with Crippen LogP contribution in [0.15, 0.2) is 47.4 Å². The summed E-state index contributed by atoms with van der Waals surface area (Å²) in [4.78, 5) is 12.7. The molecular weight excluding hydrogens is 390 g/mol. The zero-order chi connectivity index (χ0) is 19.6. The van der Waals surface area contributed by atoms with E-state index < -0.39 is 14.9 Å². The molecule has 0 saturated carbocycles. The van der Waals surface area contributed by atoms with Crippen LogP contribution in [0.3, 0.4) is 0 Å². The van der Waals surface area contributed by atoms with Crippen molar-refractivity contribution in [3.8, 4) is 0 Å². The summed E-state index contributed by atoms with van der Waals surface area (Å²) in [6.07, 6.45) is 1.62. The van der Waals surface area contributed by atoms with Gasteiger partial charge in [0, 0.05) is 37.8 Å². The van der Waals surface area contributed by atoms with Gasteiger partial charge in [-0.25, -0.2) is 8.42 Å². The first-order valence-electron chi connectivity index (χ1n) is 8.53. The molecule has 1 heterocycles. The lowest BCUT2D eigenvalue weighted by molar-refractivity contribution is -0.384. The van der Waals surface area contributed by atoms with Gasteiger partial charge in [0.15, 0.2) is 0 Å². The summed E-state index contributed by atoms with van der Waals surface area (Å²) in [6.45, 7) is 1.33. The molecule has 0 atom stereocenters. The van der Waals surface area contributed by atoms with E-state index in [4.69, 9.17) is 11.6 Å². The maximum atomic E-state index is 12.7. The standard InChI is InChI=1S/C18H20ClN3O4S/c1-20(13-14-4-6-15(19)7-5-14)17-9-8-16(12-18(17)22(23)24)27(25,26)21-10-2-3-11-21/h4-9,12H,2-3,10-11,13H2,1H3. The van der Waals surface area contributed by atoms with Gasteiger partial charge in [0.05, 0.1) is 9.82 Å². The number of benzene rings is 2. The van der Waals surface area contributed by atoms with Gasteiger partial charge in [-0.3, -0.25) is 10.1 Å². The van der Waals surface area contributed by atoms with Crippen molar-refractivity contribution < 1.29 is 13.3 Å². The lowest BCUT2D eigenvalue weighted by Gasteiger charge is -2.21. The molecule has 3 rings (SSSR count). The molecule has 0 unspecified atom stereocenters. The second-order valence-electron chi connectivity index (χ2n) is 6.50. The third kappa shape index (κ3) is 4.23. The van der Waals surface area contributed by atoms with Crippen LogP contribution in [0.4, 0.5) is 11.4 Å². The summed E-state index contributed by atoms with van der Waals surface area (Å²) in [5.74, 6) is 0. The number of nitro benzene ring substituents is 1. The maximum Gasteiger partial charge on any atom is 0.293 e. The molecule has 144 valence electrons. The van der Waals surface area contributed by atoms with E-state index in [1.54, 1.807) is 24.1 Å². The summed E-state index contributed by atoms with van der Waals surface area (Å²) in [5, 5.41) is 12.2. The molecule has 1 saturated heterocycles. The van der Waals surface area contributed by atoms with E-state index in [2.05, 4.69) is 0 Å². The Morgan fingerprint density at radius 2 is 1.78 bits per heavy atom. The van der Waals surface area contributed by atoms with Crippen LogP contribution in [0.2, 0.25) is 5.02 Å². The fourth-order valence-electron chi connectivity index (χ4n) is 3.16. The lowest BCUT2D eigenvalue weighted by Crippen LogP contribution is -2.28. The fraction of sp³-hybridized carbons (Fsp3) is 0.333. The van der Waals surface area contributed by atoms with Crippen LogP contribution in [0.5, 0.6) is 0 Å². The Kier molecular flexibility index (Phi) is 5.69. The first kappa shape index (κ1) is 19.6. The molecular formula is C18H20ClN3O4S. The Morgan fingerprint density at radius 1 is 1.15 bits per heavy atom. The van der Waals surface area contributed by atoms with E-state index in [0.29, 0.717) is 30.3 Å². The van der Waals surface area contributed by atoms with Crippen molar-refractivity contribution in [3.05, 3.63) is 63.2 Å². The normalized spacial score (nSPS) is 15.0. The van der Waals surface area contributed by atoms with Gasteiger partial charge in [-0.05, 0) is 42.7 Å².